The van der Waals surface area contributed by atoms with Crippen molar-refractivity contribution in [2.24, 2.45) is 7.05 Å². The van der Waals surface area contributed by atoms with Crippen LogP contribution in [0.1, 0.15) is 69.3 Å². The van der Waals surface area contributed by atoms with E-state index in [1.807, 2.05) is 68.3 Å². The first kappa shape index (κ1) is 68.5. The molecule has 2 aliphatic rings. The molecular formula is C66H84F4N10O9. The summed E-state index contributed by atoms with van der Waals surface area (Å²) in [7, 11) is 5.09. The van der Waals surface area contributed by atoms with Gasteiger partial charge in [-0.25, -0.2) is 9.37 Å². The van der Waals surface area contributed by atoms with Gasteiger partial charge < -0.3 is 59.1 Å². The first-order chi connectivity index (χ1) is 43.0. The standard InChI is InChI=1S/C64H78F4N10O9.C2H6/c1-5-13-47(61-59-60(73-75(61)3)62(81)77(45-71-59)43-63(82)26-31-76(32-27-63)58(80)24-21-46-14-7-6-8-15-46)16-9-10-20-57(79)70-29-33-84-34-35-85-36-37-86-38-39-87-49-22-23-54(56(41-49)83-4)69-28-12-17-48-40-50-52(72-53-25-30-74(2)42-51(53)65)18-11-19-55(50)78(48)44-64(66,67)68;1-2/h5-9,11,13-16,18-19,22-23,40-41,45,51,53,69,72,82H,1,10,20-21,24-39,42-44H2,2-4H3,(H,70,79);1-2H3/b16-9-,47-13+;. The summed E-state index contributed by atoms with van der Waals surface area (Å²) in [5.74, 6) is 6.77. The van der Waals surface area contributed by atoms with Gasteiger partial charge in [-0.1, -0.05) is 87.0 Å². The van der Waals surface area contributed by atoms with Crippen LogP contribution >= 0.6 is 0 Å². The summed E-state index contributed by atoms with van der Waals surface area (Å²) in [6.07, 6.45) is 5.88. The van der Waals surface area contributed by atoms with Crippen LogP contribution in [0.15, 0.2) is 115 Å². The minimum atomic E-state index is -4.49. The van der Waals surface area contributed by atoms with Crippen molar-refractivity contribution >= 4 is 50.7 Å². The average Bonchev–Trinajstić information content (AvgIpc) is 1.91. The highest BCUT2D eigenvalue weighted by atomic mass is 19.4. The van der Waals surface area contributed by atoms with E-state index in [1.54, 1.807) is 71.2 Å². The number of rotatable bonds is 30. The molecule has 2 amide bonds. The lowest BCUT2D eigenvalue weighted by molar-refractivity contribution is -0.140. The Morgan fingerprint density at radius 3 is 2.34 bits per heavy atom. The van der Waals surface area contributed by atoms with Crippen LogP contribution in [-0.4, -0.2) is 174 Å². The number of hydrogen-bond acceptors (Lipinski definition) is 14. The lowest BCUT2D eigenvalue weighted by Crippen LogP contribution is -2.49. The second kappa shape index (κ2) is 34.1. The van der Waals surface area contributed by atoms with Crippen molar-refractivity contribution in [1.29, 1.82) is 0 Å². The number of hydrogen-bond donors (Lipinski definition) is 4. The van der Waals surface area contributed by atoms with Crippen LogP contribution in [0.5, 0.6) is 11.5 Å². The third-order valence-corrected chi connectivity index (χ3v) is 15.1. The summed E-state index contributed by atoms with van der Waals surface area (Å²) in [6.45, 7) is 11.1. The zero-order valence-corrected chi connectivity index (χ0v) is 51.6. The van der Waals surface area contributed by atoms with E-state index in [-0.39, 0.29) is 61.2 Å². The number of methoxy groups -OCH3 is 1. The zero-order chi connectivity index (χ0) is 63.8. The molecule has 2 fully saturated rings. The monoisotopic (exact) mass is 1240 g/mol. The second-order valence-electron chi connectivity index (χ2n) is 21.6. The Kier molecular flexibility index (Phi) is 26.2. The van der Waals surface area contributed by atoms with Gasteiger partial charge in [-0.05, 0) is 81.0 Å². The van der Waals surface area contributed by atoms with Crippen LogP contribution in [0.2, 0.25) is 0 Å². The topological polar surface area (TPSA) is 201 Å². The molecule has 8 rings (SSSR count). The summed E-state index contributed by atoms with van der Waals surface area (Å²) >= 11 is 0. The summed E-state index contributed by atoms with van der Waals surface area (Å²) in [5.41, 5.74) is 3.09. The van der Waals surface area contributed by atoms with E-state index < -0.39 is 30.5 Å². The van der Waals surface area contributed by atoms with Crippen LogP contribution in [0, 0.1) is 11.8 Å². The van der Waals surface area contributed by atoms with Gasteiger partial charge in [-0.15, -0.1) is 0 Å². The zero-order valence-electron chi connectivity index (χ0n) is 51.6. The minimum absolute atomic E-state index is 0.0236. The number of benzene rings is 3. The van der Waals surface area contributed by atoms with E-state index in [0.717, 1.165) is 10.1 Å². The fourth-order valence-electron chi connectivity index (χ4n) is 10.6. The van der Waals surface area contributed by atoms with Gasteiger partial charge in [0, 0.05) is 75.3 Å². The molecule has 23 heteroatoms. The van der Waals surface area contributed by atoms with Crippen LogP contribution < -0.4 is 31.0 Å². The number of piperidine rings is 2. The molecule has 4 N–H and O–H groups in total. The van der Waals surface area contributed by atoms with Crippen LogP contribution in [0.4, 0.5) is 28.9 Å². The number of aromatic nitrogens is 5. The number of likely N-dealkylation sites (tertiary alicyclic amines) is 2. The van der Waals surface area contributed by atoms with E-state index in [4.69, 9.17) is 23.7 Å². The second-order valence-corrected chi connectivity index (χ2v) is 21.6. The van der Waals surface area contributed by atoms with E-state index in [1.165, 1.54) is 18.0 Å². The maximum absolute atomic E-state index is 14.9. The summed E-state index contributed by atoms with van der Waals surface area (Å²) in [4.78, 5) is 47.6. The molecule has 480 valence electrons. The highest BCUT2D eigenvalue weighted by molar-refractivity contribution is 5.94. The fraction of sp³-hybridized carbons (Fsp3) is 0.470. The summed E-state index contributed by atoms with van der Waals surface area (Å²) < 4.78 is 88.6. The first-order valence-electron chi connectivity index (χ1n) is 30.3. The maximum Gasteiger partial charge on any atom is 0.406 e. The van der Waals surface area contributed by atoms with Gasteiger partial charge in [0.15, 0.2) is 5.52 Å². The molecule has 6 aromatic rings. The third kappa shape index (κ3) is 20.3. The highest BCUT2D eigenvalue weighted by Gasteiger charge is 2.36. The predicted octanol–water partition coefficient (Wildman–Crippen LogP) is 8.74. The van der Waals surface area contributed by atoms with Crippen molar-refractivity contribution in [3.63, 3.8) is 0 Å². The van der Waals surface area contributed by atoms with Gasteiger partial charge in [-0.2, -0.15) is 18.3 Å². The molecule has 2 atom stereocenters. The maximum atomic E-state index is 14.9. The number of nitrogens with zero attached hydrogens (tertiary/aromatic N) is 7. The number of amides is 2. The highest BCUT2D eigenvalue weighted by Crippen LogP contribution is 2.33. The lowest BCUT2D eigenvalue weighted by atomic mass is 9.91. The number of carbonyl (C=O) groups excluding carboxylic acids is 2. The van der Waals surface area contributed by atoms with Gasteiger partial charge in [-0.3, -0.25) is 23.6 Å². The number of anilines is 2. The number of aryl methyl sites for hydroxylation is 2. The Bertz CT molecular complexity index is 3450. The normalized spacial score (nSPS) is 16.2. The Morgan fingerprint density at radius 2 is 1.63 bits per heavy atom. The van der Waals surface area contributed by atoms with Gasteiger partial charge in [0.05, 0.1) is 100 Å². The molecule has 2 aliphatic heterocycles. The van der Waals surface area contributed by atoms with Gasteiger partial charge in [0.25, 0.3) is 5.56 Å². The van der Waals surface area contributed by atoms with Crippen LogP contribution in [0.3, 0.4) is 0 Å². The minimum Gasteiger partial charge on any atom is -0.494 e. The third-order valence-electron chi connectivity index (χ3n) is 15.1. The van der Waals surface area contributed by atoms with Crippen molar-refractivity contribution in [1.82, 2.24) is 39.0 Å². The number of alkyl halides is 4. The molecule has 3 aromatic heterocycles. The van der Waals surface area contributed by atoms with E-state index >= 15 is 0 Å². The fourth-order valence-corrected chi connectivity index (χ4v) is 10.6. The Labute approximate surface area is 517 Å². The molecule has 0 bridgehead atoms. The van der Waals surface area contributed by atoms with E-state index in [2.05, 4.69) is 44.5 Å². The SMILES string of the molecule is C=C/C=C(\C=C/CCC(=O)NCCOCCOCCOCCOc1ccc(NCC#Cc2cc3c(NC4CCN(C)CC4F)cccc3n2CC(F)(F)F)c(OC)c1)c1c2ncn(CC3(O)CCN(C(=O)CCc4ccccc4)CC3)c(=O)c2nn1C.CC. The van der Waals surface area contributed by atoms with Gasteiger partial charge in [0.1, 0.15) is 36.3 Å². The summed E-state index contributed by atoms with van der Waals surface area (Å²) in [5, 5.41) is 25.8. The Hall–Kier alpha value is -8.01. The van der Waals surface area contributed by atoms with Gasteiger partial charge >= 0.3 is 6.18 Å². The van der Waals surface area contributed by atoms with Crippen LogP contribution in [0.25, 0.3) is 27.5 Å². The number of allylic oxidation sites excluding steroid dienone is 5. The van der Waals surface area contributed by atoms with E-state index in [9.17, 15) is 37.1 Å². The largest absolute Gasteiger partial charge is 0.494 e. The van der Waals surface area contributed by atoms with Crippen LogP contribution in [-0.2, 0) is 50.4 Å². The number of ether oxygens (including phenoxy) is 5. The Balaban J connectivity index is 0.00000558. The van der Waals surface area contributed by atoms with Crippen molar-refractivity contribution in [2.45, 2.75) is 95.9 Å². The average molecular weight is 1240 g/mol. The molecule has 2 saturated heterocycles. The molecular weight excluding hydrogens is 1150 g/mol. The van der Waals surface area contributed by atoms with Crippen molar-refractivity contribution in [3.05, 3.63) is 137 Å². The number of carbonyl (C=O) groups is 2. The number of halogens is 4. The first-order valence-corrected chi connectivity index (χ1v) is 30.3. The molecule has 19 nitrogen and oxygen atoms in total. The number of nitrogens with one attached hydrogen (secondary N) is 3. The van der Waals surface area contributed by atoms with Crippen molar-refractivity contribution < 1.29 is 55.9 Å². The molecule has 0 aliphatic carbocycles. The Morgan fingerprint density at radius 1 is 0.899 bits per heavy atom. The smallest absolute Gasteiger partial charge is 0.406 e. The van der Waals surface area contributed by atoms with E-state index in [0.29, 0.717) is 155 Å². The number of aliphatic hydroxyl groups is 1. The number of fused-ring (bicyclic) bond motifs is 2. The lowest BCUT2D eigenvalue weighted by Gasteiger charge is -2.38. The van der Waals surface area contributed by atoms with Crippen molar-refractivity contribution in [3.8, 4) is 23.3 Å². The molecule has 0 spiro atoms. The molecule has 0 saturated carbocycles. The van der Waals surface area contributed by atoms with Gasteiger partial charge in [0.2, 0.25) is 11.8 Å². The molecule has 89 heavy (non-hydrogen) atoms. The molecule has 5 heterocycles. The molecule has 0 radical (unpaired) electrons. The predicted molar refractivity (Wildman–Crippen MR) is 338 cm³/mol. The molecule has 3 aromatic carbocycles. The quantitative estimate of drug-likeness (QED) is 0.0144. The summed E-state index contributed by atoms with van der Waals surface area (Å²) in [6, 6.07) is 21.2. The van der Waals surface area contributed by atoms with Crippen molar-refractivity contribution in [2.75, 3.05) is 110 Å². The molecule has 2 unspecified atom stereocenters.